The van der Waals surface area contributed by atoms with Gasteiger partial charge in [0.25, 0.3) is 0 Å². The third-order valence-corrected chi connectivity index (χ3v) is 5.60. The van der Waals surface area contributed by atoms with Crippen LogP contribution in [0, 0.1) is 6.92 Å². The maximum absolute atomic E-state index is 13.3. The summed E-state index contributed by atoms with van der Waals surface area (Å²) in [6.45, 7) is 4.21. The van der Waals surface area contributed by atoms with Crippen LogP contribution in [0.25, 0.3) is 0 Å². The summed E-state index contributed by atoms with van der Waals surface area (Å²) in [6.07, 6.45) is 5.17. The molecule has 0 saturated heterocycles. The first-order valence-corrected chi connectivity index (χ1v) is 9.77. The minimum absolute atomic E-state index is 0.00251. The van der Waals surface area contributed by atoms with Crippen molar-refractivity contribution in [1.82, 2.24) is 10.3 Å². The Morgan fingerprint density at radius 2 is 1.82 bits per heavy atom. The second-order valence-corrected chi connectivity index (χ2v) is 7.40. The van der Waals surface area contributed by atoms with Crippen LogP contribution >= 0.6 is 0 Å². The molecule has 2 atom stereocenters. The number of carbonyl (C=O) groups is 1. The number of hydrogen-bond acceptors (Lipinski definition) is 3. The second kappa shape index (κ2) is 7.56. The molecule has 1 aliphatic heterocycles. The highest BCUT2D eigenvalue weighted by Crippen LogP contribution is 2.40. The van der Waals surface area contributed by atoms with Gasteiger partial charge in [-0.15, -0.1) is 0 Å². The van der Waals surface area contributed by atoms with Gasteiger partial charge in [0.05, 0.1) is 0 Å². The van der Waals surface area contributed by atoms with E-state index in [0.29, 0.717) is 6.42 Å². The number of nitrogens with zero attached hydrogens (tertiary/aromatic N) is 1. The Labute approximate surface area is 166 Å². The smallest absolute Gasteiger partial charge is 0.249 e. The average molecular weight is 371 g/mol. The van der Waals surface area contributed by atoms with Crippen molar-refractivity contribution in [2.45, 2.75) is 38.3 Å². The minimum atomic E-state index is -0.811. The highest BCUT2D eigenvalue weighted by Gasteiger charge is 2.47. The number of anilines is 1. The Morgan fingerprint density at radius 3 is 2.57 bits per heavy atom. The Hall–Kier alpha value is -2.98. The van der Waals surface area contributed by atoms with E-state index in [4.69, 9.17) is 0 Å². The summed E-state index contributed by atoms with van der Waals surface area (Å²) >= 11 is 0. The fourth-order valence-electron chi connectivity index (χ4n) is 4.16. The number of carbonyl (C=O) groups excluding carboxylic acids is 1. The predicted molar refractivity (Wildman–Crippen MR) is 112 cm³/mol. The van der Waals surface area contributed by atoms with Crippen molar-refractivity contribution in [3.8, 4) is 0 Å². The van der Waals surface area contributed by atoms with Gasteiger partial charge in [-0.3, -0.25) is 15.1 Å². The van der Waals surface area contributed by atoms with Crippen molar-refractivity contribution in [1.29, 1.82) is 0 Å². The average Bonchev–Trinajstić information content (AvgIpc) is 2.99. The van der Waals surface area contributed by atoms with Gasteiger partial charge in [0.2, 0.25) is 5.91 Å². The zero-order valence-corrected chi connectivity index (χ0v) is 16.3. The van der Waals surface area contributed by atoms with Crippen molar-refractivity contribution in [2.75, 3.05) is 5.32 Å². The van der Waals surface area contributed by atoms with E-state index in [-0.39, 0.29) is 11.9 Å². The summed E-state index contributed by atoms with van der Waals surface area (Å²) in [5.41, 5.74) is 4.52. The molecule has 0 aliphatic carbocycles. The third-order valence-electron chi connectivity index (χ3n) is 5.60. The van der Waals surface area contributed by atoms with Crippen LogP contribution in [0.1, 0.15) is 41.6 Å². The number of para-hydroxylation sites is 1. The highest BCUT2D eigenvalue weighted by atomic mass is 16.2. The zero-order chi connectivity index (χ0) is 19.6. The van der Waals surface area contributed by atoms with E-state index in [2.05, 4.69) is 47.7 Å². The van der Waals surface area contributed by atoms with Crippen LogP contribution in [0.4, 0.5) is 5.69 Å². The number of rotatable bonds is 6. The Balaban J connectivity index is 1.80. The first-order chi connectivity index (χ1) is 13.6. The Kier molecular flexibility index (Phi) is 4.97. The highest BCUT2D eigenvalue weighted by molar-refractivity contribution is 6.06. The van der Waals surface area contributed by atoms with E-state index >= 15 is 0 Å². The van der Waals surface area contributed by atoms with Crippen LogP contribution < -0.4 is 10.6 Å². The van der Waals surface area contributed by atoms with Crippen molar-refractivity contribution in [3.63, 3.8) is 0 Å². The molecule has 2 aromatic carbocycles. The molecule has 0 saturated carbocycles. The van der Waals surface area contributed by atoms with Crippen molar-refractivity contribution in [2.24, 2.45) is 0 Å². The maximum Gasteiger partial charge on any atom is 0.249 e. The quantitative estimate of drug-likeness (QED) is 0.670. The van der Waals surface area contributed by atoms with Crippen molar-refractivity contribution in [3.05, 3.63) is 95.3 Å². The number of hydrogen-bond donors (Lipinski definition) is 2. The van der Waals surface area contributed by atoms with Crippen molar-refractivity contribution >= 4 is 11.6 Å². The molecule has 1 aromatic heterocycles. The molecule has 2 unspecified atom stereocenters. The lowest BCUT2D eigenvalue weighted by Crippen LogP contribution is -2.51. The van der Waals surface area contributed by atoms with Crippen LogP contribution in [-0.2, 0) is 16.8 Å². The molecule has 0 bridgehead atoms. The van der Waals surface area contributed by atoms with Gasteiger partial charge < -0.3 is 5.32 Å². The van der Waals surface area contributed by atoms with Crippen LogP contribution in [0.15, 0.2) is 73.1 Å². The number of aryl methyl sites for hydroxylation is 1. The van der Waals surface area contributed by atoms with Gasteiger partial charge >= 0.3 is 0 Å². The van der Waals surface area contributed by atoms with Gasteiger partial charge in [-0.2, -0.15) is 0 Å². The number of amides is 1. The Morgan fingerprint density at radius 1 is 1.07 bits per heavy atom. The second-order valence-electron chi connectivity index (χ2n) is 7.40. The molecule has 142 valence electrons. The zero-order valence-electron chi connectivity index (χ0n) is 16.3. The molecule has 0 radical (unpaired) electrons. The molecule has 2 heterocycles. The SMILES string of the molecule is CCC(NC1(Cc2ccccc2)C(=O)Nc2ccccc21)c1ccncc1C. The van der Waals surface area contributed by atoms with Crippen LogP contribution in [-0.4, -0.2) is 10.9 Å². The van der Waals surface area contributed by atoms with Gasteiger partial charge in [-0.25, -0.2) is 0 Å². The predicted octanol–water partition coefficient (Wildman–Crippen LogP) is 4.52. The summed E-state index contributed by atoms with van der Waals surface area (Å²) in [7, 11) is 0. The Bertz CT molecular complexity index is 986. The fourth-order valence-corrected chi connectivity index (χ4v) is 4.16. The molecule has 4 heteroatoms. The molecular weight excluding hydrogens is 346 g/mol. The summed E-state index contributed by atoms with van der Waals surface area (Å²) in [5, 5.41) is 6.84. The van der Waals surface area contributed by atoms with Gasteiger partial charge in [0.15, 0.2) is 0 Å². The standard InChI is InChI=1S/C24H25N3O/c1-3-21(19-13-14-25-16-17(19)2)27-24(15-18-9-5-4-6-10-18)20-11-7-8-12-22(20)26-23(24)28/h4-14,16,21,27H,3,15H2,1-2H3,(H,26,28). The normalized spacial score (nSPS) is 19.1. The van der Waals surface area contributed by atoms with E-state index in [1.165, 1.54) is 5.56 Å². The largest absolute Gasteiger partial charge is 0.324 e. The van der Waals surface area contributed by atoms with Crippen LogP contribution in [0.5, 0.6) is 0 Å². The first-order valence-electron chi connectivity index (χ1n) is 9.77. The van der Waals surface area contributed by atoms with Crippen LogP contribution in [0.3, 0.4) is 0 Å². The van der Waals surface area contributed by atoms with Crippen molar-refractivity contribution < 1.29 is 4.79 Å². The topological polar surface area (TPSA) is 54.0 Å². The molecule has 4 rings (SSSR count). The van der Waals surface area contributed by atoms with Gasteiger partial charge in [-0.1, -0.05) is 55.5 Å². The summed E-state index contributed by atoms with van der Waals surface area (Å²) in [4.78, 5) is 17.6. The van der Waals surface area contributed by atoms with E-state index < -0.39 is 5.54 Å². The molecule has 1 aliphatic rings. The van der Waals surface area contributed by atoms with Gasteiger partial charge in [0, 0.05) is 36.1 Å². The minimum Gasteiger partial charge on any atom is -0.324 e. The molecule has 4 nitrogen and oxygen atoms in total. The van der Waals surface area contributed by atoms with E-state index in [0.717, 1.165) is 28.8 Å². The number of nitrogens with one attached hydrogen (secondary N) is 2. The third kappa shape index (κ3) is 3.20. The molecule has 28 heavy (non-hydrogen) atoms. The molecule has 1 amide bonds. The lowest BCUT2D eigenvalue weighted by atomic mass is 9.83. The fraction of sp³-hybridized carbons (Fsp3) is 0.250. The molecule has 0 fully saturated rings. The number of pyridine rings is 1. The summed E-state index contributed by atoms with van der Waals surface area (Å²) in [5.74, 6) is 0.00251. The number of fused-ring (bicyclic) bond motifs is 1. The number of benzene rings is 2. The van der Waals surface area contributed by atoms with E-state index in [1.807, 2.05) is 54.9 Å². The van der Waals surface area contributed by atoms with Crippen LogP contribution in [0.2, 0.25) is 0 Å². The molecule has 3 aromatic rings. The molecule has 2 N–H and O–H groups in total. The first kappa shape index (κ1) is 18.4. The number of aromatic nitrogens is 1. The summed E-state index contributed by atoms with van der Waals surface area (Å²) in [6, 6.07) is 20.3. The lowest BCUT2D eigenvalue weighted by Gasteiger charge is -2.34. The van der Waals surface area contributed by atoms with Gasteiger partial charge in [0.1, 0.15) is 5.54 Å². The molecular formula is C24H25N3O. The summed E-state index contributed by atoms with van der Waals surface area (Å²) < 4.78 is 0. The lowest BCUT2D eigenvalue weighted by molar-refractivity contribution is -0.122. The molecule has 0 spiro atoms. The van der Waals surface area contributed by atoms with E-state index in [9.17, 15) is 4.79 Å². The monoisotopic (exact) mass is 371 g/mol. The van der Waals surface area contributed by atoms with Gasteiger partial charge in [-0.05, 0) is 42.2 Å². The van der Waals surface area contributed by atoms with E-state index in [1.54, 1.807) is 0 Å². The maximum atomic E-state index is 13.3.